The summed E-state index contributed by atoms with van der Waals surface area (Å²) < 4.78 is 7.90. The molecule has 3 heterocycles. The number of guanidine groups is 1. The first kappa shape index (κ1) is 16.4. The molecule has 1 N–H and O–H groups in total. The van der Waals surface area contributed by atoms with Gasteiger partial charge in [-0.1, -0.05) is 12.1 Å². The molecule has 1 aromatic carbocycles. The van der Waals surface area contributed by atoms with Gasteiger partial charge >= 0.3 is 0 Å². The van der Waals surface area contributed by atoms with Gasteiger partial charge in [-0.2, -0.15) is 0 Å². The Morgan fingerprint density at radius 2 is 2.24 bits per heavy atom. The summed E-state index contributed by atoms with van der Waals surface area (Å²) in [6.45, 7) is 7.73. The van der Waals surface area contributed by atoms with Gasteiger partial charge in [0.25, 0.3) is 0 Å². The summed E-state index contributed by atoms with van der Waals surface area (Å²) in [7, 11) is 1.87. The fraction of sp³-hybridized carbons (Fsp3) is 0.579. The molecule has 0 bridgehead atoms. The summed E-state index contributed by atoms with van der Waals surface area (Å²) in [5.41, 5.74) is 2.61. The second kappa shape index (κ2) is 6.67. The highest BCUT2D eigenvalue weighted by atomic mass is 16.5. The van der Waals surface area contributed by atoms with Crippen molar-refractivity contribution >= 4 is 17.0 Å². The van der Waals surface area contributed by atoms with Crippen LogP contribution in [0.2, 0.25) is 0 Å². The Morgan fingerprint density at radius 1 is 1.36 bits per heavy atom. The van der Waals surface area contributed by atoms with E-state index in [1.807, 2.05) is 13.1 Å². The normalized spacial score (nSPS) is 23.9. The lowest BCUT2D eigenvalue weighted by Crippen LogP contribution is -2.42. The van der Waals surface area contributed by atoms with Crippen molar-refractivity contribution < 1.29 is 4.74 Å². The number of aliphatic imine (C=N–C) groups is 1. The van der Waals surface area contributed by atoms with Crippen LogP contribution in [-0.2, 0) is 11.3 Å². The van der Waals surface area contributed by atoms with E-state index in [4.69, 9.17) is 4.74 Å². The Labute approximate surface area is 148 Å². The van der Waals surface area contributed by atoms with E-state index >= 15 is 0 Å². The third kappa shape index (κ3) is 3.11. The van der Waals surface area contributed by atoms with E-state index in [1.165, 1.54) is 18.4 Å². The van der Waals surface area contributed by atoms with E-state index in [0.717, 1.165) is 56.7 Å². The van der Waals surface area contributed by atoms with Crippen LogP contribution in [0.25, 0.3) is 11.0 Å². The first-order valence-electron chi connectivity index (χ1n) is 9.16. The van der Waals surface area contributed by atoms with Crippen LogP contribution in [0, 0.1) is 12.3 Å². The number of likely N-dealkylation sites (tertiary alicyclic amines) is 1. The number of benzene rings is 1. The lowest BCUT2D eigenvalue weighted by Gasteiger charge is -2.25. The highest BCUT2D eigenvalue weighted by Gasteiger charge is 2.42. The number of nitrogens with one attached hydrogen (secondary N) is 1. The number of aryl methyl sites for hydroxylation is 1. The predicted molar refractivity (Wildman–Crippen MR) is 99.9 cm³/mol. The Morgan fingerprint density at radius 3 is 3.04 bits per heavy atom. The highest BCUT2D eigenvalue weighted by molar-refractivity contribution is 5.80. The van der Waals surface area contributed by atoms with Crippen LogP contribution in [0.3, 0.4) is 0 Å². The summed E-state index contributed by atoms with van der Waals surface area (Å²) in [6.07, 6.45) is 2.39. The molecule has 2 aliphatic heterocycles. The zero-order valence-electron chi connectivity index (χ0n) is 15.2. The minimum Gasteiger partial charge on any atom is -0.381 e. The van der Waals surface area contributed by atoms with Crippen LogP contribution in [0.1, 0.15) is 18.7 Å². The van der Waals surface area contributed by atoms with Gasteiger partial charge in [-0.05, 0) is 31.9 Å². The molecule has 1 atom stereocenters. The van der Waals surface area contributed by atoms with Gasteiger partial charge < -0.3 is 19.5 Å². The van der Waals surface area contributed by atoms with Crippen molar-refractivity contribution in [1.82, 2.24) is 19.8 Å². The summed E-state index contributed by atoms with van der Waals surface area (Å²) in [4.78, 5) is 11.5. The molecule has 2 saturated heterocycles. The first-order chi connectivity index (χ1) is 12.2. The molecule has 134 valence electrons. The number of imidazole rings is 1. The van der Waals surface area contributed by atoms with E-state index in [0.29, 0.717) is 5.41 Å². The van der Waals surface area contributed by atoms with Crippen molar-refractivity contribution in [3.63, 3.8) is 0 Å². The molecular formula is C19H27N5O. The number of hydrogen-bond donors (Lipinski definition) is 1. The van der Waals surface area contributed by atoms with E-state index in [-0.39, 0.29) is 0 Å². The molecule has 2 aromatic rings. The average molecular weight is 341 g/mol. The fourth-order valence-electron chi connectivity index (χ4n) is 4.18. The Hall–Kier alpha value is -2.08. The molecule has 0 amide bonds. The molecule has 25 heavy (non-hydrogen) atoms. The minimum atomic E-state index is 0.356. The summed E-state index contributed by atoms with van der Waals surface area (Å²) in [5.74, 6) is 2.06. The van der Waals surface area contributed by atoms with Crippen molar-refractivity contribution in [2.24, 2.45) is 10.4 Å². The van der Waals surface area contributed by atoms with Crippen LogP contribution in [0.4, 0.5) is 0 Å². The second-order valence-electron chi connectivity index (χ2n) is 7.25. The fourth-order valence-corrected chi connectivity index (χ4v) is 4.18. The average Bonchev–Trinajstić information content (AvgIpc) is 3.33. The highest BCUT2D eigenvalue weighted by Crippen LogP contribution is 2.38. The van der Waals surface area contributed by atoms with E-state index in [9.17, 15) is 0 Å². The molecule has 4 rings (SSSR count). The van der Waals surface area contributed by atoms with Gasteiger partial charge in [0.2, 0.25) is 0 Å². The van der Waals surface area contributed by atoms with Crippen LogP contribution < -0.4 is 5.32 Å². The largest absolute Gasteiger partial charge is 0.381 e. The molecule has 1 aromatic heterocycles. The van der Waals surface area contributed by atoms with Crippen LogP contribution in [-0.4, -0.2) is 60.3 Å². The zero-order chi connectivity index (χ0) is 17.3. The number of para-hydroxylation sites is 2. The number of ether oxygens (including phenoxy) is 1. The molecule has 0 saturated carbocycles. The monoisotopic (exact) mass is 341 g/mol. The first-order valence-corrected chi connectivity index (χ1v) is 9.16. The quantitative estimate of drug-likeness (QED) is 0.686. The van der Waals surface area contributed by atoms with Gasteiger partial charge in [-0.25, -0.2) is 4.98 Å². The molecule has 1 unspecified atom stereocenters. The van der Waals surface area contributed by atoms with Crippen LogP contribution in [0.5, 0.6) is 0 Å². The smallest absolute Gasteiger partial charge is 0.193 e. The van der Waals surface area contributed by atoms with Crippen molar-refractivity contribution in [2.45, 2.75) is 26.3 Å². The van der Waals surface area contributed by atoms with Crippen LogP contribution in [0.15, 0.2) is 29.3 Å². The van der Waals surface area contributed by atoms with E-state index in [1.54, 1.807) is 0 Å². The zero-order valence-corrected chi connectivity index (χ0v) is 15.2. The second-order valence-corrected chi connectivity index (χ2v) is 7.25. The standard InChI is InChI=1S/C19H27N5O/c1-15-22-16-5-3-4-6-17(16)24(15)11-9-21-18(20-2)23-10-7-19(13-23)8-12-25-14-19/h3-6H,7-14H2,1-2H3,(H,20,21). The third-order valence-electron chi connectivity index (χ3n) is 5.60. The lowest BCUT2D eigenvalue weighted by atomic mass is 9.87. The summed E-state index contributed by atoms with van der Waals surface area (Å²) in [5, 5.41) is 3.53. The summed E-state index contributed by atoms with van der Waals surface area (Å²) in [6, 6.07) is 8.31. The van der Waals surface area contributed by atoms with Gasteiger partial charge in [0.05, 0.1) is 17.6 Å². The topological polar surface area (TPSA) is 54.7 Å². The minimum absolute atomic E-state index is 0.356. The Bertz CT molecular complexity index is 775. The van der Waals surface area contributed by atoms with Gasteiger partial charge in [0.15, 0.2) is 5.96 Å². The van der Waals surface area contributed by atoms with Crippen molar-refractivity contribution in [3.05, 3.63) is 30.1 Å². The van der Waals surface area contributed by atoms with Gasteiger partial charge in [-0.15, -0.1) is 0 Å². The number of nitrogens with zero attached hydrogens (tertiary/aromatic N) is 4. The maximum atomic E-state index is 5.63. The molecular weight excluding hydrogens is 314 g/mol. The lowest BCUT2D eigenvalue weighted by molar-refractivity contribution is 0.156. The molecule has 0 radical (unpaired) electrons. The Kier molecular flexibility index (Phi) is 4.37. The SMILES string of the molecule is CN=C(NCCn1c(C)nc2ccccc21)N1CCC2(CCOC2)C1. The van der Waals surface area contributed by atoms with Crippen LogP contribution >= 0.6 is 0 Å². The third-order valence-corrected chi connectivity index (χ3v) is 5.60. The van der Waals surface area contributed by atoms with E-state index in [2.05, 4.69) is 49.9 Å². The summed E-state index contributed by atoms with van der Waals surface area (Å²) >= 11 is 0. The molecule has 6 nitrogen and oxygen atoms in total. The number of rotatable bonds is 3. The molecule has 2 aliphatic rings. The maximum absolute atomic E-state index is 5.63. The molecule has 6 heteroatoms. The molecule has 0 aliphatic carbocycles. The van der Waals surface area contributed by atoms with Gasteiger partial charge in [0, 0.05) is 45.2 Å². The van der Waals surface area contributed by atoms with Crippen molar-refractivity contribution in [2.75, 3.05) is 39.9 Å². The van der Waals surface area contributed by atoms with Gasteiger partial charge in [0.1, 0.15) is 5.82 Å². The predicted octanol–water partition coefficient (Wildman–Crippen LogP) is 2.03. The van der Waals surface area contributed by atoms with Crippen molar-refractivity contribution in [1.29, 1.82) is 0 Å². The number of hydrogen-bond acceptors (Lipinski definition) is 3. The maximum Gasteiger partial charge on any atom is 0.193 e. The van der Waals surface area contributed by atoms with Crippen molar-refractivity contribution in [3.8, 4) is 0 Å². The van der Waals surface area contributed by atoms with E-state index < -0.39 is 0 Å². The molecule has 1 spiro atoms. The number of fused-ring (bicyclic) bond motifs is 1. The molecule has 2 fully saturated rings. The van der Waals surface area contributed by atoms with Gasteiger partial charge in [-0.3, -0.25) is 4.99 Å². The number of aromatic nitrogens is 2. The Balaban J connectivity index is 1.38.